The molecule has 0 aromatic heterocycles. The van der Waals surface area contributed by atoms with Crippen LogP contribution in [0.1, 0.15) is 35.1 Å². The molecule has 154 valence electrons. The fourth-order valence-electron chi connectivity index (χ4n) is 5.79. The Kier molecular flexibility index (Phi) is 3.87. The maximum Gasteiger partial charge on any atom is 0.240 e. The summed E-state index contributed by atoms with van der Waals surface area (Å²) in [5.41, 5.74) is 4.53. The zero-order chi connectivity index (χ0) is 21.3. The molecule has 0 saturated carbocycles. The summed E-state index contributed by atoms with van der Waals surface area (Å²) in [7, 11) is 0. The second-order valence-electron chi connectivity index (χ2n) is 8.31. The van der Waals surface area contributed by atoms with Gasteiger partial charge in [-0.05, 0) is 53.4 Å². The molecule has 4 nitrogen and oxygen atoms in total. The van der Waals surface area contributed by atoms with Crippen LogP contribution >= 0.6 is 11.6 Å². The van der Waals surface area contributed by atoms with Crippen LogP contribution in [-0.4, -0.2) is 18.4 Å². The van der Waals surface area contributed by atoms with Gasteiger partial charge >= 0.3 is 0 Å². The molecular weight excluding hydrogens is 410 g/mol. The molecule has 1 saturated heterocycles. The van der Waals surface area contributed by atoms with Crippen molar-refractivity contribution in [1.29, 1.82) is 0 Å². The van der Waals surface area contributed by atoms with Crippen LogP contribution in [0.2, 0.25) is 0 Å². The first-order valence-corrected chi connectivity index (χ1v) is 10.9. The molecule has 5 heteroatoms. The predicted octanol–water partition coefficient (Wildman–Crippen LogP) is 4.83. The summed E-state index contributed by atoms with van der Waals surface area (Å²) < 4.78 is 5.51. The van der Waals surface area contributed by atoms with E-state index < -0.39 is 16.7 Å². The number of carbonyl (C=O) groups is 2. The maximum absolute atomic E-state index is 13.8. The number of imide groups is 1. The van der Waals surface area contributed by atoms with E-state index in [1.165, 1.54) is 4.90 Å². The highest BCUT2D eigenvalue weighted by Crippen LogP contribution is 2.65. The summed E-state index contributed by atoms with van der Waals surface area (Å²) in [6.45, 7) is 2.47. The van der Waals surface area contributed by atoms with Crippen LogP contribution in [0.5, 0.6) is 5.75 Å². The topological polar surface area (TPSA) is 46.6 Å². The predicted molar refractivity (Wildman–Crippen MR) is 118 cm³/mol. The van der Waals surface area contributed by atoms with Crippen LogP contribution in [0.4, 0.5) is 5.69 Å². The summed E-state index contributed by atoms with van der Waals surface area (Å²) in [5.74, 6) is -1.04. The normalized spacial score (nSPS) is 27.7. The van der Waals surface area contributed by atoms with Crippen LogP contribution in [-0.2, 0) is 14.5 Å². The standard InChI is InChI=1S/C26H20ClNO3/c1-2-31-16-13-11-15(12-14-16)28-24(29)22-21-17-7-3-5-9-19(17)26(27,23(22)25(28)30)20-10-6-4-8-18(20)21/h3-14,21-23H,2H2,1H3/t21?,22-,23-,26?/m1/s1. The number of hydrogen-bond donors (Lipinski definition) is 0. The second kappa shape index (κ2) is 6.44. The quantitative estimate of drug-likeness (QED) is 0.442. The zero-order valence-corrected chi connectivity index (χ0v) is 17.7. The van der Waals surface area contributed by atoms with Crippen LogP contribution in [0.15, 0.2) is 72.8 Å². The molecule has 2 bridgehead atoms. The van der Waals surface area contributed by atoms with Crippen molar-refractivity contribution in [3.63, 3.8) is 0 Å². The highest BCUT2D eigenvalue weighted by molar-refractivity contribution is 6.33. The first-order valence-electron chi connectivity index (χ1n) is 10.6. The molecule has 2 amide bonds. The number of ether oxygens (including phenoxy) is 1. The molecule has 0 spiro atoms. The first kappa shape index (κ1) is 18.6. The molecule has 3 aromatic rings. The van der Waals surface area contributed by atoms with E-state index in [4.69, 9.17) is 16.3 Å². The Morgan fingerprint density at radius 2 is 1.45 bits per heavy atom. The van der Waals surface area contributed by atoms with E-state index in [0.29, 0.717) is 18.0 Å². The fourth-order valence-corrected chi connectivity index (χ4v) is 6.37. The molecule has 0 radical (unpaired) electrons. The minimum absolute atomic E-state index is 0.179. The van der Waals surface area contributed by atoms with Gasteiger partial charge in [-0.15, -0.1) is 11.6 Å². The van der Waals surface area contributed by atoms with Gasteiger partial charge < -0.3 is 4.74 Å². The number of carbonyl (C=O) groups excluding carboxylic acids is 2. The highest BCUT2D eigenvalue weighted by atomic mass is 35.5. The molecule has 7 rings (SSSR count). The van der Waals surface area contributed by atoms with Gasteiger partial charge in [-0.1, -0.05) is 48.5 Å². The molecule has 1 heterocycles. The summed E-state index contributed by atoms with van der Waals surface area (Å²) in [4.78, 5) is 27.8. The van der Waals surface area contributed by atoms with Gasteiger partial charge in [-0.25, -0.2) is 4.90 Å². The molecule has 3 aromatic carbocycles. The molecular formula is C26H20ClNO3. The summed E-state index contributed by atoms with van der Waals surface area (Å²) >= 11 is 7.42. The number of alkyl halides is 1. The molecule has 2 atom stereocenters. The van der Waals surface area contributed by atoms with Gasteiger partial charge in [0.25, 0.3) is 0 Å². The first-order chi connectivity index (χ1) is 15.1. The molecule has 3 aliphatic carbocycles. The maximum atomic E-state index is 13.8. The van der Waals surface area contributed by atoms with Gasteiger partial charge in [0, 0.05) is 5.92 Å². The number of nitrogens with zero attached hydrogens (tertiary/aromatic N) is 1. The highest BCUT2D eigenvalue weighted by Gasteiger charge is 2.67. The Bertz CT molecular complexity index is 1190. The molecule has 1 aliphatic heterocycles. The van der Waals surface area contributed by atoms with Gasteiger partial charge in [0.05, 0.1) is 24.1 Å². The van der Waals surface area contributed by atoms with E-state index in [2.05, 4.69) is 0 Å². The average molecular weight is 430 g/mol. The monoisotopic (exact) mass is 429 g/mol. The van der Waals surface area contributed by atoms with Crippen molar-refractivity contribution in [3.05, 3.63) is 95.1 Å². The van der Waals surface area contributed by atoms with E-state index in [-0.39, 0.29) is 17.7 Å². The van der Waals surface area contributed by atoms with Crippen LogP contribution < -0.4 is 9.64 Å². The van der Waals surface area contributed by atoms with Gasteiger partial charge in [0.1, 0.15) is 10.6 Å². The lowest BCUT2D eigenvalue weighted by atomic mass is 9.54. The molecule has 4 aliphatic rings. The van der Waals surface area contributed by atoms with E-state index in [9.17, 15) is 9.59 Å². The molecule has 0 unspecified atom stereocenters. The third-order valence-electron chi connectivity index (χ3n) is 6.92. The Morgan fingerprint density at radius 3 is 2.03 bits per heavy atom. The van der Waals surface area contributed by atoms with Crippen molar-refractivity contribution < 1.29 is 14.3 Å². The van der Waals surface area contributed by atoms with Crippen LogP contribution in [0, 0.1) is 11.8 Å². The van der Waals surface area contributed by atoms with Gasteiger partial charge in [0.2, 0.25) is 11.8 Å². The number of anilines is 1. The Balaban J connectivity index is 1.53. The number of halogens is 1. The van der Waals surface area contributed by atoms with Crippen molar-refractivity contribution >= 4 is 29.1 Å². The fraction of sp³-hybridized carbons (Fsp3) is 0.231. The average Bonchev–Trinajstić information content (AvgIpc) is 3.07. The minimum Gasteiger partial charge on any atom is -0.494 e. The minimum atomic E-state index is -1.06. The Morgan fingerprint density at radius 1 is 0.871 bits per heavy atom. The van der Waals surface area contributed by atoms with Crippen molar-refractivity contribution in [2.75, 3.05) is 11.5 Å². The summed E-state index contributed by atoms with van der Waals surface area (Å²) in [5, 5.41) is 0. The third-order valence-corrected chi connectivity index (χ3v) is 7.56. The number of hydrogen-bond acceptors (Lipinski definition) is 3. The van der Waals surface area contributed by atoms with Crippen molar-refractivity contribution in [1.82, 2.24) is 0 Å². The van der Waals surface area contributed by atoms with Crippen molar-refractivity contribution in [2.24, 2.45) is 11.8 Å². The van der Waals surface area contributed by atoms with Gasteiger partial charge in [0.15, 0.2) is 0 Å². The van der Waals surface area contributed by atoms with Crippen LogP contribution in [0.25, 0.3) is 0 Å². The van der Waals surface area contributed by atoms with Crippen molar-refractivity contribution in [2.45, 2.75) is 17.7 Å². The SMILES string of the molecule is CCOc1ccc(N2C(=O)[C@@H]3C4c5ccccc5C(Cl)(c5ccccc54)[C@H]3C2=O)cc1. The summed E-state index contributed by atoms with van der Waals surface area (Å²) in [6.07, 6.45) is 0. The number of benzene rings is 3. The van der Waals surface area contributed by atoms with E-state index in [0.717, 1.165) is 22.3 Å². The van der Waals surface area contributed by atoms with E-state index in [1.54, 1.807) is 24.3 Å². The molecule has 31 heavy (non-hydrogen) atoms. The number of amides is 2. The van der Waals surface area contributed by atoms with Gasteiger partial charge in [-0.2, -0.15) is 0 Å². The zero-order valence-electron chi connectivity index (χ0n) is 16.9. The molecule has 0 N–H and O–H groups in total. The van der Waals surface area contributed by atoms with Gasteiger partial charge in [-0.3, -0.25) is 9.59 Å². The summed E-state index contributed by atoms with van der Waals surface area (Å²) in [6, 6.07) is 23.0. The van der Waals surface area contributed by atoms with E-state index >= 15 is 0 Å². The Hall–Kier alpha value is -3.11. The number of rotatable bonds is 3. The molecule has 1 fully saturated rings. The lowest BCUT2D eigenvalue weighted by molar-refractivity contribution is -0.122. The lowest BCUT2D eigenvalue weighted by Crippen LogP contribution is -2.50. The lowest BCUT2D eigenvalue weighted by Gasteiger charge is -2.50. The largest absolute Gasteiger partial charge is 0.494 e. The smallest absolute Gasteiger partial charge is 0.240 e. The van der Waals surface area contributed by atoms with E-state index in [1.807, 2.05) is 55.5 Å². The van der Waals surface area contributed by atoms with Crippen molar-refractivity contribution in [3.8, 4) is 5.75 Å². The van der Waals surface area contributed by atoms with Crippen LogP contribution in [0.3, 0.4) is 0 Å². The Labute approximate surface area is 185 Å². The second-order valence-corrected chi connectivity index (χ2v) is 8.90. The third kappa shape index (κ3) is 2.26.